The van der Waals surface area contributed by atoms with E-state index in [2.05, 4.69) is 17.2 Å². The van der Waals surface area contributed by atoms with Crippen molar-refractivity contribution in [3.05, 3.63) is 28.8 Å². The molecule has 1 unspecified atom stereocenters. The summed E-state index contributed by atoms with van der Waals surface area (Å²) in [6.07, 6.45) is 5.01. The monoisotopic (exact) mass is 418 g/mol. The van der Waals surface area contributed by atoms with Gasteiger partial charge in [0.2, 0.25) is 0 Å². The van der Waals surface area contributed by atoms with Gasteiger partial charge in [0.25, 0.3) is 5.91 Å². The van der Waals surface area contributed by atoms with Gasteiger partial charge >= 0.3 is 0 Å². The molecule has 29 heavy (non-hydrogen) atoms. The fourth-order valence-electron chi connectivity index (χ4n) is 3.92. The zero-order valence-electron chi connectivity index (χ0n) is 17.8. The van der Waals surface area contributed by atoms with Crippen LogP contribution in [0, 0.1) is 6.92 Å². The van der Waals surface area contributed by atoms with E-state index in [1.807, 2.05) is 25.1 Å². The average molecular weight is 419 g/mol. The number of quaternary nitrogens is 1. The lowest BCUT2D eigenvalue weighted by Crippen LogP contribution is -3.16. The second-order valence-corrected chi connectivity index (χ2v) is 8.67. The molecular formula is C22H32N3O3S+. The molecule has 2 atom stereocenters. The molecule has 0 spiro atoms. The smallest absolute Gasteiger partial charge is 0.263 e. The Labute approximate surface area is 177 Å². The fraction of sp³-hybridized carbons (Fsp3) is 0.545. The summed E-state index contributed by atoms with van der Waals surface area (Å²) in [4.78, 5) is 19.6. The van der Waals surface area contributed by atoms with Gasteiger partial charge in [-0.3, -0.25) is 4.79 Å². The Bertz CT molecular complexity index is 837. The topological polar surface area (TPSA) is 64.9 Å². The molecule has 0 saturated carbocycles. The molecule has 1 fully saturated rings. The standard InChI is InChI=1S/C22H31N3O3S/c1-15-8-5-6-12-25(15)13-7-11-23-21(26)20-16(2)24-22(29-20)17-9-10-18(27-3)19(14-17)28-4/h9-10,14-15H,5-8,11-13H2,1-4H3,(H,23,26)/p+1/t15-/m1/s1. The van der Waals surface area contributed by atoms with E-state index in [1.165, 1.54) is 37.1 Å². The van der Waals surface area contributed by atoms with Gasteiger partial charge in [-0.05, 0) is 51.3 Å². The van der Waals surface area contributed by atoms with Crippen LogP contribution < -0.4 is 19.7 Å². The lowest BCUT2D eigenvalue weighted by molar-refractivity contribution is -0.928. The summed E-state index contributed by atoms with van der Waals surface area (Å²) in [6.45, 7) is 7.31. The number of aryl methyl sites for hydroxylation is 1. The molecule has 1 aliphatic rings. The van der Waals surface area contributed by atoms with Crippen molar-refractivity contribution in [1.82, 2.24) is 10.3 Å². The minimum Gasteiger partial charge on any atom is -0.493 e. The number of likely N-dealkylation sites (tertiary alicyclic amines) is 1. The number of carbonyl (C=O) groups excluding carboxylic acids is 1. The molecule has 0 aliphatic carbocycles. The first-order valence-corrected chi connectivity index (χ1v) is 11.2. The third-order valence-corrected chi connectivity index (χ3v) is 6.88. The van der Waals surface area contributed by atoms with E-state index < -0.39 is 0 Å². The average Bonchev–Trinajstić information content (AvgIpc) is 3.13. The fourth-order valence-corrected chi connectivity index (χ4v) is 4.90. The van der Waals surface area contributed by atoms with Crippen molar-refractivity contribution in [2.24, 2.45) is 0 Å². The highest BCUT2D eigenvalue weighted by Crippen LogP contribution is 2.34. The molecule has 7 heteroatoms. The summed E-state index contributed by atoms with van der Waals surface area (Å²) in [7, 11) is 3.22. The van der Waals surface area contributed by atoms with Crippen LogP contribution in [0.15, 0.2) is 18.2 Å². The van der Waals surface area contributed by atoms with Crippen LogP contribution in [-0.4, -0.2) is 50.8 Å². The number of amides is 1. The van der Waals surface area contributed by atoms with E-state index in [0.29, 0.717) is 22.9 Å². The zero-order valence-corrected chi connectivity index (χ0v) is 18.7. The van der Waals surface area contributed by atoms with Crippen LogP contribution >= 0.6 is 11.3 Å². The number of nitrogens with zero attached hydrogens (tertiary/aromatic N) is 1. The van der Waals surface area contributed by atoms with Gasteiger partial charge in [-0.25, -0.2) is 4.98 Å². The van der Waals surface area contributed by atoms with Crippen molar-refractivity contribution >= 4 is 17.2 Å². The first-order valence-electron chi connectivity index (χ1n) is 10.4. The summed E-state index contributed by atoms with van der Waals surface area (Å²) in [5, 5.41) is 3.88. The van der Waals surface area contributed by atoms with Crippen molar-refractivity contribution < 1.29 is 19.2 Å². The molecule has 0 radical (unpaired) electrons. The number of rotatable bonds is 8. The molecule has 2 heterocycles. The van der Waals surface area contributed by atoms with Crippen LogP contribution in [-0.2, 0) is 0 Å². The lowest BCUT2D eigenvalue weighted by Gasteiger charge is -2.30. The minimum absolute atomic E-state index is 0.0339. The normalized spacial score (nSPS) is 19.0. The summed E-state index contributed by atoms with van der Waals surface area (Å²) in [5.41, 5.74) is 1.67. The molecule has 2 aromatic rings. The zero-order chi connectivity index (χ0) is 20.8. The van der Waals surface area contributed by atoms with Crippen molar-refractivity contribution in [1.29, 1.82) is 0 Å². The molecule has 1 amide bonds. The van der Waals surface area contributed by atoms with Crippen molar-refractivity contribution in [3.63, 3.8) is 0 Å². The summed E-state index contributed by atoms with van der Waals surface area (Å²) in [5.74, 6) is 1.29. The van der Waals surface area contributed by atoms with Gasteiger partial charge in [-0.15, -0.1) is 11.3 Å². The highest BCUT2D eigenvalue weighted by atomic mass is 32.1. The van der Waals surface area contributed by atoms with Crippen LogP contribution in [0.25, 0.3) is 10.6 Å². The van der Waals surface area contributed by atoms with Crippen molar-refractivity contribution in [2.75, 3.05) is 33.9 Å². The minimum atomic E-state index is -0.0339. The number of methoxy groups -OCH3 is 2. The third-order valence-electron chi connectivity index (χ3n) is 5.68. The van der Waals surface area contributed by atoms with Gasteiger partial charge in [0.1, 0.15) is 9.88 Å². The van der Waals surface area contributed by atoms with E-state index in [1.54, 1.807) is 19.1 Å². The number of hydrogen-bond acceptors (Lipinski definition) is 5. The number of hydrogen-bond donors (Lipinski definition) is 2. The highest BCUT2D eigenvalue weighted by molar-refractivity contribution is 7.17. The molecule has 3 rings (SSSR count). The second kappa shape index (κ2) is 10.1. The number of carbonyl (C=O) groups is 1. The van der Waals surface area contributed by atoms with Crippen LogP contribution in [0.3, 0.4) is 0 Å². The van der Waals surface area contributed by atoms with Gasteiger partial charge in [0, 0.05) is 18.5 Å². The maximum absolute atomic E-state index is 12.7. The predicted molar refractivity (Wildman–Crippen MR) is 116 cm³/mol. The number of benzene rings is 1. The summed E-state index contributed by atoms with van der Waals surface area (Å²) < 4.78 is 10.7. The first-order chi connectivity index (χ1) is 14.0. The molecule has 1 aromatic heterocycles. The van der Waals surface area contributed by atoms with Crippen LogP contribution in [0.5, 0.6) is 11.5 Å². The quantitative estimate of drug-likeness (QED) is 0.647. The Hall–Kier alpha value is -2.12. The Kier molecular flexibility index (Phi) is 7.50. The van der Waals surface area contributed by atoms with Crippen molar-refractivity contribution in [3.8, 4) is 22.1 Å². The Morgan fingerprint density at radius 2 is 2.07 bits per heavy atom. The summed E-state index contributed by atoms with van der Waals surface area (Å²) >= 11 is 1.42. The maximum atomic E-state index is 12.7. The number of ether oxygens (including phenoxy) is 2. The van der Waals surface area contributed by atoms with Gasteiger partial charge in [0.15, 0.2) is 11.5 Å². The molecule has 1 aromatic carbocycles. The van der Waals surface area contributed by atoms with Gasteiger partial charge in [-0.1, -0.05) is 0 Å². The summed E-state index contributed by atoms with van der Waals surface area (Å²) in [6, 6.07) is 6.42. The van der Waals surface area contributed by atoms with E-state index in [9.17, 15) is 4.79 Å². The van der Waals surface area contributed by atoms with Crippen LogP contribution in [0.4, 0.5) is 0 Å². The molecule has 1 saturated heterocycles. The van der Waals surface area contributed by atoms with E-state index in [-0.39, 0.29) is 5.91 Å². The third kappa shape index (κ3) is 5.28. The van der Waals surface area contributed by atoms with E-state index in [4.69, 9.17) is 9.47 Å². The molecule has 6 nitrogen and oxygen atoms in total. The predicted octanol–water partition coefficient (Wildman–Crippen LogP) is 2.71. The second-order valence-electron chi connectivity index (χ2n) is 7.67. The maximum Gasteiger partial charge on any atom is 0.263 e. The Morgan fingerprint density at radius 3 is 2.79 bits per heavy atom. The molecular weight excluding hydrogens is 386 g/mol. The number of thiazole rings is 1. The van der Waals surface area contributed by atoms with E-state index in [0.717, 1.165) is 35.3 Å². The SMILES string of the molecule is COc1ccc(-c2nc(C)c(C(=O)NCCC[NH+]3CCCC[C@H]3C)s2)cc1OC. The van der Waals surface area contributed by atoms with Crippen LogP contribution in [0.1, 0.15) is 48.0 Å². The molecule has 0 bridgehead atoms. The Morgan fingerprint density at radius 1 is 1.28 bits per heavy atom. The number of piperidine rings is 1. The molecule has 158 valence electrons. The first kappa shape index (κ1) is 21.6. The largest absolute Gasteiger partial charge is 0.493 e. The van der Waals surface area contributed by atoms with Gasteiger partial charge < -0.3 is 19.7 Å². The molecule has 2 N–H and O–H groups in total. The van der Waals surface area contributed by atoms with Crippen LogP contribution in [0.2, 0.25) is 0 Å². The molecule has 1 aliphatic heterocycles. The van der Waals surface area contributed by atoms with Gasteiger partial charge in [0.05, 0.1) is 39.0 Å². The number of nitrogens with one attached hydrogen (secondary N) is 2. The lowest BCUT2D eigenvalue weighted by atomic mass is 10.0. The highest BCUT2D eigenvalue weighted by Gasteiger charge is 2.21. The van der Waals surface area contributed by atoms with E-state index >= 15 is 0 Å². The Balaban J connectivity index is 1.58. The van der Waals surface area contributed by atoms with Gasteiger partial charge in [-0.2, -0.15) is 0 Å². The number of aromatic nitrogens is 1. The van der Waals surface area contributed by atoms with Crippen molar-refractivity contribution in [2.45, 2.75) is 45.6 Å².